The van der Waals surface area contributed by atoms with Crippen LogP contribution < -0.4 is 0 Å². The molecule has 76 valence electrons. The van der Waals surface area contributed by atoms with Gasteiger partial charge in [0.25, 0.3) is 0 Å². The standard InChI is InChI=1S/C10H6Br2N2O/c11-7-3-1-6(2-4-7)9-10(12)14-8(5-15)13-9/h1-5H,(H,13,14). The van der Waals surface area contributed by atoms with Gasteiger partial charge < -0.3 is 4.98 Å². The summed E-state index contributed by atoms with van der Waals surface area (Å²) in [5, 5.41) is 0. The molecule has 2 aromatic rings. The molecule has 0 amide bonds. The van der Waals surface area contributed by atoms with Crippen molar-refractivity contribution >= 4 is 38.1 Å². The summed E-state index contributed by atoms with van der Waals surface area (Å²) in [6.45, 7) is 0. The van der Waals surface area contributed by atoms with E-state index in [4.69, 9.17) is 0 Å². The van der Waals surface area contributed by atoms with Gasteiger partial charge in [-0.1, -0.05) is 28.1 Å². The fourth-order valence-electron chi connectivity index (χ4n) is 1.22. The second kappa shape index (κ2) is 4.28. The Morgan fingerprint density at radius 1 is 1.20 bits per heavy atom. The molecule has 0 saturated carbocycles. The number of H-pyrrole nitrogens is 1. The van der Waals surface area contributed by atoms with Crippen LogP contribution in [0.25, 0.3) is 11.3 Å². The first-order chi connectivity index (χ1) is 7.20. The lowest BCUT2D eigenvalue weighted by molar-refractivity contribution is 0.111. The summed E-state index contributed by atoms with van der Waals surface area (Å²) in [6.07, 6.45) is 0.688. The Balaban J connectivity index is 2.48. The number of hydrogen-bond acceptors (Lipinski definition) is 2. The van der Waals surface area contributed by atoms with Gasteiger partial charge >= 0.3 is 0 Å². The van der Waals surface area contributed by atoms with Crippen molar-refractivity contribution in [2.75, 3.05) is 0 Å². The fourth-order valence-corrected chi connectivity index (χ4v) is 2.01. The Hall–Kier alpha value is -0.940. The van der Waals surface area contributed by atoms with E-state index >= 15 is 0 Å². The van der Waals surface area contributed by atoms with Crippen LogP contribution in [0.2, 0.25) is 0 Å². The number of aromatic amines is 1. The SMILES string of the molecule is O=Cc1nc(-c2ccc(Br)cc2)c(Br)[nH]1. The molecule has 0 bridgehead atoms. The normalized spacial score (nSPS) is 10.3. The molecule has 0 radical (unpaired) electrons. The molecule has 0 saturated heterocycles. The van der Waals surface area contributed by atoms with E-state index in [1.807, 2.05) is 24.3 Å². The molecule has 0 spiro atoms. The second-order valence-electron chi connectivity index (χ2n) is 2.91. The van der Waals surface area contributed by atoms with Crippen molar-refractivity contribution in [2.24, 2.45) is 0 Å². The topological polar surface area (TPSA) is 45.8 Å². The number of aldehydes is 1. The summed E-state index contributed by atoms with van der Waals surface area (Å²) in [5.41, 5.74) is 1.69. The molecule has 0 unspecified atom stereocenters. The Morgan fingerprint density at radius 3 is 2.40 bits per heavy atom. The van der Waals surface area contributed by atoms with Gasteiger partial charge in [-0.05, 0) is 28.1 Å². The summed E-state index contributed by atoms with van der Waals surface area (Å²) < 4.78 is 1.72. The molecule has 0 fully saturated rings. The van der Waals surface area contributed by atoms with Crippen molar-refractivity contribution < 1.29 is 4.79 Å². The quantitative estimate of drug-likeness (QED) is 0.858. The highest BCUT2D eigenvalue weighted by Crippen LogP contribution is 2.26. The molecule has 1 N–H and O–H groups in total. The minimum Gasteiger partial charge on any atom is -0.330 e. The molecular formula is C10H6Br2N2O. The first-order valence-electron chi connectivity index (χ1n) is 4.17. The maximum absolute atomic E-state index is 10.5. The van der Waals surface area contributed by atoms with Crippen molar-refractivity contribution in [3.05, 3.63) is 39.2 Å². The van der Waals surface area contributed by atoms with Crippen LogP contribution in [0.5, 0.6) is 0 Å². The molecule has 0 aliphatic rings. The third-order valence-electron chi connectivity index (χ3n) is 1.91. The number of nitrogens with one attached hydrogen (secondary N) is 1. The van der Waals surface area contributed by atoms with Crippen LogP contribution in [0, 0.1) is 0 Å². The second-order valence-corrected chi connectivity index (χ2v) is 4.62. The zero-order valence-electron chi connectivity index (χ0n) is 7.50. The molecule has 1 heterocycles. The maximum atomic E-state index is 10.5. The lowest BCUT2D eigenvalue weighted by Crippen LogP contribution is -1.81. The van der Waals surface area contributed by atoms with Crippen LogP contribution in [-0.4, -0.2) is 16.3 Å². The Bertz CT molecular complexity index is 491. The van der Waals surface area contributed by atoms with E-state index in [-0.39, 0.29) is 0 Å². The van der Waals surface area contributed by atoms with E-state index in [1.54, 1.807) is 0 Å². The fraction of sp³-hybridized carbons (Fsp3) is 0. The van der Waals surface area contributed by atoms with Crippen LogP contribution in [0.3, 0.4) is 0 Å². The summed E-state index contributed by atoms with van der Waals surface area (Å²) in [4.78, 5) is 17.5. The highest BCUT2D eigenvalue weighted by molar-refractivity contribution is 9.10. The van der Waals surface area contributed by atoms with Gasteiger partial charge in [-0.2, -0.15) is 0 Å². The molecule has 0 atom stereocenters. The highest BCUT2D eigenvalue weighted by atomic mass is 79.9. The summed E-state index contributed by atoms with van der Waals surface area (Å²) in [6, 6.07) is 7.72. The smallest absolute Gasteiger partial charge is 0.185 e. The van der Waals surface area contributed by atoms with Gasteiger partial charge in [0.2, 0.25) is 0 Å². The molecule has 2 rings (SSSR count). The maximum Gasteiger partial charge on any atom is 0.185 e. The molecule has 15 heavy (non-hydrogen) atoms. The zero-order chi connectivity index (χ0) is 10.8. The van der Waals surface area contributed by atoms with Crippen molar-refractivity contribution in [1.29, 1.82) is 0 Å². The van der Waals surface area contributed by atoms with Gasteiger partial charge in [0.1, 0.15) is 10.3 Å². The van der Waals surface area contributed by atoms with E-state index in [0.29, 0.717) is 16.7 Å². The minimum atomic E-state index is 0.319. The van der Waals surface area contributed by atoms with Crippen LogP contribution in [0.4, 0.5) is 0 Å². The van der Waals surface area contributed by atoms with Crippen LogP contribution in [0.15, 0.2) is 33.3 Å². The van der Waals surface area contributed by atoms with Crippen molar-refractivity contribution in [3.63, 3.8) is 0 Å². The molecule has 1 aromatic carbocycles. The summed E-state index contributed by atoms with van der Waals surface area (Å²) in [5.74, 6) is 0.319. The highest BCUT2D eigenvalue weighted by Gasteiger charge is 2.09. The molecule has 5 heteroatoms. The number of carbonyl (C=O) groups excluding carboxylic acids is 1. The minimum absolute atomic E-state index is 0.319. The number of halogens is 2. The first kappa shape index (κ1) is 10.6. The lowest BCUT2D eigenvalue weighted by atomic mass is 10.2. The molecule has 3 nitrogen and oxygen atoms in total. The van der Waals surface area contributed by atoms with Gasteiger partial charge in [0.15, 0.2) is 12.1 Å². The van der Waals surface area contributed by atoms with E-state index in [2.05, 4.69) is 41.8 Å². The number of carbonyl (C=O) groups is 1. The molecular weight excluding hydrogens is 324 g/mol. The predicted molar refractivity (Wildman–Crippen MR) is 64.8 cm³/mol. The molecule has 0 aliphatic carbocycles. The number of benzene rings is 1. The number of rotatable bonds is 2. The monoisotopic (exact) mass is 328 g/mol. The van der Waals surface area contributed by atoms with E-state index in [1.165, 1.54) is 0 Å². The van der Waals surface area contributed by atoms with Gasteiger partial charge in [-0.3, -0.25) is 4.79 Å². The largest absolute Gasteiger partial charge is 0.330 e. The lowest BCUT2D eigenvalue weighted by Gasteiger charge is -1.97. The number of aromatic nitrogens is 2. The van der Waals surface area contributed by atoms with Crippen LogP contribution >= 0.6 is 31.9 Å². The van der Waals surface area contributed by atoms with Crippen molar-refractivity contribution in [2.45, 2.75) is 0 Å². The Morgan fingerprint density at radius 2 is 1.87 bits per heavy atom. The third kappa shape index (κ3) is 2.18. The molecule has 0 aliphatic heterocycles. The average Bonchev–Trinajstić information content (AvgIpc) is 2.61. The van der Waals surface area contributed by atoms with Crippen LogP contribution in [-0.2, 0) is 0 Å². The average molecular weight is 330 g/mol. The Labute approximate surface area is 103 Å². The number of hydrogen-bond donors (Lipinski definition) is 1. The molecule has 1 aromatic heterocycles. The first-order valence-corrected chi connectivity index (χ1v) is 5.76. The van der Waals surface area contributed by atoms with Crippen molar-refractivity contribution in [3.8, 4) is 11.3 Å². The summed E-state index contributed by atoms with van der Waals surface area (Å²) >= 11 is 6.68. The van der Waals surface area contributed by atoms with Gasteiger partial charge in [-0.25, -0.2) is 4.98 Å². The summed E-state index contributed by atoms with van der Waals surface area (Å²) in [7, 11) is 0. The van der Waals surface area contributed by atoms with Gasteiger partial charge in [-0.15, -0.1) is 0 Å². The van der Waals surface area contributed by atoms with Gasteiger partial charge in [0, 0.05) is 10.0 Å². The number of nitrogens with zero attached hydrogens (tertiary/aromatic N) is 1. The third-order valence-corrected chi connectivity index (χ3v) is 3.01. The van der Waals surface area contributed by atoms with Crippen molar-refractivity contribution in [1.82, 2.24) is 9.97 Å². The predicted octanol–water partition coefficient (Wildman–Crippen LogP) is 3.41. The van der Waals surface area contributed by atoms with Crippen LogP contribution in [0.1, 0.15) is 10.6 Å². The number of imidazole rings is 1. The van der Waals surface area contributed by atoms with E-state index in [0.717, 1.165) is 15.7 Å². The Kier molecular flexibility index (Phi) is 3.02. The van der Waals surface area contributed by atoms with E-state index in [9.17, 15) is 4.79 Å². The van der Waals surface area contributed by atoms with Gasteiger partial charge in [0.05, 0.1) is 0 Å². The van der Waals surface area contributed by atoms with E-state index < -0.39 is 0 Å². The zero-order valence-corrected chi connectivity index (χ0v) is 10.7.